The molecule has 6 aromatic carbocycles. The molecule has 1 aliphatic carbocycles. The summed E-state index contributed by atoms with van der Waals surface area (Å²) in [4.78, 5) is 1.64. The number of benzene rings is 6. The first-order valence-electron chi connectivity index (χ1n) is 15.2. The van der Waals surface area contributed by atoms with Gasteiger partial charge in [-0.3, -0.25) is 0 Å². The maximum atomic E-state index is 6.62. The summed E-state index contributed by atoms with van der Waals surface area (Å²) in [6, 6.07) is 35.4. The molecular weight excluding hydrogens is 567 g/mol. The van der Waals surface area contributed by atoms with Crippen LogP contribution in [-0.2, 0) is 5.41 Å². The molecule has 0 aromatic heterocycles. The van der Waals surface area contributed by atoms with Gasteiger partial charge in [-0.2, -0.15) is 0 Å². The fourth-order valence-corrected chi connectivity index (χ4v) is 7.10. The third-order valence-electron chi connectivity index (χ3n) is 9.51. The number of nitrogens with zero attached hydrogens (tertiary/aromatic N) is 1. The Morgan fingerprint density at radius 2 is 0.667 bits per heavy atom. The molecule has 0 N–H and O–H groups in total. The van der Waals surface area contributed by atoms with Gasteiger partial charge in [-0.15, -0.1) is 32.8 Å². The highest BCUT2D eigenvalue weighted by molar-refractivity contribution is 6.71. The molecule has 0 heterocycles. The SMILES string of the molecule is [B]c1c([B])c([B])c(N(c2ccc(C3(c4ccccc4)c4ccccc4-c4ccccc43)cc2)c2c([B])c([B])c([B])c([B])c2[B])c([B])c1[B]. The zero-order valence-electron chi connectivity index (χ0n) is 26.0. The van der Waals surface area contributed by atoms with Crippen molar-refractivity contribution in [3.63, 3.8) is 0 Å². The van der Waals surface area contributed by atoms with Gasteiger partial charge in [0.25, 0.3) is 0 Å². The molecular formula is C37H17B10N. The predicted molar refractivity (Wildman–Crippen MR) is 212 cm³/mol. The van der Waals surface area contributed by atoms with Crippen molar-refractivity contribution in [3.05, 3.63) is 125 Å². The van der Waals surface area contributed by atoms with Crippen molar-refractivity contribution in [2.45, 2.75) is 5.41 Å². The van der Waals surface area contributed by atoms with E-state index in [1.165, 1.54) is 22.3 Å². The standard InChI is InChI=1S/C37H17B10N/c38-25-27(40)31(44)35(32(45)28(25)41)48(36-33(46)29(42)26(39)30(43)34(36)47)20-16-14-19(15-17-20)37(18-8-2-1-3-9-18)23-12-6-4-10-21(23)22-11-5-7-13-24(22)37/h1-17H. The first-order valence-corrected chi connectivity index (χ1v) is 15.2. The molecule has 0 bridgehead atoms. The second kappa shape index (κ2) is 12.0. The van der Waals surface area contributed by atoms with Gasteiger partial charge in [0.2, 0.25) is 0 Å². The minimum atomic E-state index is -0.625. The van der Waals surface area contributed by atoms with Gasteiger partial charge in [0, 0.05) is 17.1 Å². The molecule has 11 heteroatoms. The van der Waals surface area contributed by atoms with E-state index in [1.807, 2.05) is 18.2 Å². The van der Waals surface area contributed by atoms with Crippen molar-refractivity contribution in [3.8, 4) is 11.1 Å². The molecule has 7 rings (SSSR count). The number of rotatable bonds is 5. The molecule has 0 unspecified atom stereocenters. The summed E-state index contributed by atoms with van der Waals surface area (Å²) in [7, 11) is 64.2. The molecule has 20 radical (unpaired) electrons. The summed E-state index contributed by atoms with van der Waals surface area (Å²) in [5.74, 6) is 0. The van der Waals surface area contributed by atoms with Gasteiger partial charge in [-0.05, 0) is 45.5 Å². The van der Waals surface area contributed by atoms with E-state index < -0.39 is 5.41 Å². The zero-order valence-corrected chi connectivity index (χ0v) is 26.0. The van der Waals surface area contributed by atoms with Crippen LogP contribution in [0.1, 0.15) is 22.3 Å². The normalized spacial score (nSPS) is 12.8. The van der Waals surface area contributed by atoms with E-state index >= 15 is 0 Å². The van der Waals surface area contributed by atoms with Crippen molar-refractivity contribution in [2.24, 2.45) is 0 Å². The summed E-state index contributed by atoms with van der Waals surface area (Å²) in [6.07, 6.45) is 0. The summed E-state index contributed by atoms with van der Waals surface area (Å²) < 4.78 is 0. The quantitative estimate of drug-likeness (QED) is 0.202. The van der Waals surface area contributed by atoms with E-state index in [4.69, 9.17) is 78.5 Å². The molecule has 200 valence electrons. The van der Waals surface area contributed by atoms with Crippen LogP contribution in [0.5, 0.6) is 0 Å². The second-order valence-electron chi connectivity index (χ2n) is 11.9. The van der Waals surface area contributed by atoms with Crippen molar-refractivity contribution in [2.75, 3.05) is 4.90 Å². The van der Waals surface area contributed by atoms with Gasteiger partial charge in [0.15, 0.2) is 0 Å². The maximum absolute atomic E-state index is 6.62. The largest absolute Gasteiger partial charge is 0.313 e. The maximum Gasteiger partial charge on any atom is 0.115 e. The highest BCUT2D eigenvalue weighted by Gasteiger charge is 2.45. The molecule has 0 aliphatic heterocycles. The monoisotopic (exact) mass is 585 g/mol. The van der Waals surface area contributed by atoms with E-state index in [-0.39, 0.29) is 66.0 Å². The third-order valence-corrected chi connectivity index (χ3v) is 9.51. The third kappa shape index (κ3) is 4.53. The summed E-state index contributed by atoms with van der Waals surface area (Å²) in [5.41, 5.74) is 7.75. The highest BCUT2D eigenvalue weighted by atomic mass is 15.1. The molecule has 48 heavy (non-hydrogen) atoms. The summed E-state index contributed by atoms with van der Waals surface area (Å²) >= 11 is 0. The van der Waals surface area contributed by atoms with Crippen LogP contribution < -0.4 is 59.5 Å². The van der Waals surface area contributed by atoms with E-state index in [9.17, 15) is 0 Å². The molecule has 0 fully saturated rings. The molecule has 0 atom stereocenters. The van der Waals surface area contributed by atoms with Gasteiger partial charge >= 0.3 is 0 Å². The number of anilines is 3. The Balaban J connectivity index is 1.53. The van der Waals surface area contributed by atoms with Crippen LogP contribution in [0.2, 0.25) is 0 Å². The predicted octanol–water partition coefficient (Wildman–Crippen LogP) is -2.54. The average molecular weight is 584 g/mol. The van der Waals surface area contributed by atoms with Crippen molar-refractivity contribution < 1.29 is 0 Å². The fourth-order valence-electron chi connectivity index (χ4n) is 7.10. The molecule has 6 aromatic rings. The van der Waals surface area contributed by atoms with Gasteiger partial charge in [-0.25, -0.2) is 0 Å². The smallest absolute Gasteiger partial charge is 0.115 e. The topological polar surface area (TPSA) is 3.24 Å². The second-order valence-corrected chi connectivity index (χ2v) is 11.9. The zero-order chi connectivity index (χ0) is 34.1. The van der Waals surface area contributed by atoms with Crippen LogP contribution in [0.15, 0.2) is 103 Å². The van der Waals surface area contributed by atoms with E-state index in [2.05, 4.69) is 84.9 Å². The van der Waals surface area contributed by atoms with E-state index in [0.29, 0.717) is 5.69 Å². The van der Waals surface area contributed by atoms with Crippen LogP contribution in [-0.4, -0.2) is 78.5 Å². The van der Waals surface area contributed by atoms with E-state index in [0.717, 1.165) is 11.1 Å². The molecule has 0 spiro atoms. The lowest BCUT2D eigenvalue weighted by molar-refractivity contribution is 0.768. The first-order chi connectivity index (χ1) is 23.0. The van der Waals surface area contributed by atoms with Gasteiger partial charge in [-0.1, -0.05) is 113 Å². The Bertz CT molecular complexity index is 2080. The number of hydrogen-bond acceptors (Lipinski definition) is 1. The van der Waals surface area contributed by atoms with Crippen molar-refractivity contribution >= 4 is 150 Å². The van der Waals surface area contributed by atoms with Crippen molar-refractivity contribution in [1.29, 1.82) is 0 Å². The number of fused-ring (bicyclic) bond motifs is 3. The lowest BCUT2D eigenvalue weighted by atomic mass is 9.60. The molecule has 0 saturated heterocycles. The van der Waals surface area contributed by atoms with Crippen LogP contribution in [0.3, 0.4) is 0 Å². The number of hydrogen-bond donors (Lipinski definition) is 0. The van der Waals surface area contributed by atoms with Crippen molar-refractivity contribution in [1.82, 2.24) is 0 Å². The Labute approximate surface area is 295 Å². The highest BCUT2D eigenvalue weighted by Crippen LogP contribution is 2.56. The summed E-state index contributed by atoms with van der Waals surface area (Å²) in [6.45, 7) is 0. The Hall–Kier alpha value is -4.23. The lowest BCUT2D eigenvalue weighted by Gasteiger charge is -2.37. The molecule has 1 nitrogen and oxygen atoms in total. The summed E-state index contributed by atoms with van der Waals surface area (Å²) in [5, 5.41) is 0. The lowest BCUT2D eigenvalue weighted by Crippen LogP contribution is -2.59. The minimum Gasteiger partial charge on any atom is -0.313 e. The van der Waals surface area contributed by atoms with Crippen LogP contribution >= 0.6 is 0 Å². The molecule has 0 saturated carbocycles. The molecule has 0 amide bonds. The van der Waals surface area contributed by atoms with Gasteiger partial charge < -0.3 is 4.90 Å². The fraction of sp³-hybridized carbons (Fsp3) is 0.0270. The average Bonchev–Trinajstić information content (AvgIpc) is 3.42. The van der Waals surface area contributed by atoms with E-state index in [1.54, 1.807) is 4.90 Å². The first kappa shape index (κ1) is 32.3. The Kier molecular flexibility index (Phi) is 8.10. The van der Waals surface area contributed by atoms with Gasteiger partial charge in [0.05, 0.1) is 5.41 Å². The Morgan fingerprint density at radius 1 is 0.333 bits per heavy atom. The minimum absolute atomic E-state index is 0.0500. The molecule has 1 aliphatic rings. The Morgan fingerprint density at radius 3 is 1.08 bits per heavy atom. The van der Waals surface area contributed by atoms with Gasteiger partial charge in [0.1, 0.15) is 78.5 Å². The van der Waals surface area contributed by atoms with Crippen LogP contribution in [0.4, 0.5) is 17.1 Å². The van der Waals surface area contributed by atoms with Crippen LogP contribution in [0.25, 0.3) is 11.1 Å². The van der Waals surface area contributed by atoms with Crippen LogP contribution in [0, 0.1) is 0 Å².